The highest BCUT2D eigenvalue weighted by atomic mass is 15.3. The number of nitrogens with two attached hydrogens (primary N) is 1. The van der Waals surface area contributed by atoms with Crippen LogP contribution in [0, 0.1) is 0 Å². The van der Waals surface area contributed by atoms with Gasteiger partial charge in [0, 0.05) is 18.8 Å². The number of aromatic nitrogens is 2. The van der Waals surface area contributed by atoms with Crippen LogP contribution in [0.15, 0.2) is 12.3 Å². The highest BCUT2D eigenvalue weighted by molar-refractivity contribution is 5.02. The molecule has 0 saturated heterocycles. The van der Waals surface area contributed by atoms with Crippen LogP contribution in [0.25, 0.3) is 0 Å². The van der Waals surface area contributed by atoms with Gasteiger partial charge in [-0.3, -0.25) is 4.68 Å². The Morgan fingerprint density at radius 1 is 1.54 bits per heavy atom. The van der Waals surface area contributed by atoms with Gasteiger partial charge < -0.3 is 5.73 Å². The molecule has 1 unspecified atom stereocenters. The third-order valence-electron chi connectivity index (χ3n) is 2.12. The Labute approximate surface area is 79.9 Å². The van der Waals surface area contributed by atoms with E-state index in [1.807, 2.05) is 23.9 Å². The second-order valence-electron chi connectivity index (χ2n) is 3.50. The first-order valence-electron chi connectivity index (χ1n) is 5.03. The number of hydrogen-bond donors (Lipinski definition) is 1. The molecule has 13 heavy (non-hydrogen) atoms. The van der Waals surface area contributed by atoms with E-state index in [4.69, 9.17) is 5.73 Å². The van der Waals surface area contributed by atoms with Crippen molar-refractivity contribution in [2.24, 2.45) is 5.73 Å². The fourth-order valence-electron chi connectivity index (χ4n) is 1.27. The van der Waals surface area contributed by atoms with Gasteiger partial charge in [-0.2, -0.15) is 5.10 Å². The van der Waals surface area contributed by atoms with Crippen LogP contribution < -0.4 is 5.73 Å². The Morgan fingerprint density at radius 3 is 2.85 bits per heavy atom. The summed E-state index contributed by atoms with van der Waals surface area (Å²) in [5, 5.41) is 4.37. The first-order chi connectivity index (χ1) is 6.24. The standard InChI is InChI=1S/C10H19N3/c1-3-4-5-7-13-8-6-10(12-13)9(2)11/h6,8-9H,3-5,7,11H2,1-2H3. The maximum Gasteiger partial charge on any atom is 0.0788 e. The van der Waals surface area contributed by atoms with E-state index in [0.717, 1.165) is 12.2 Å². The van der Waals surface area contributed by atoms with E-state index in [-0.39, 0.29) is 6.04 Å². The van der Waals surface area contributed by atoms with Gasteiger partial charge in [0.05, 0.1) is 5.69 Å². The van der Waals surface area contributed by atoms with Crippen molar-refractivity contribution in [2.45, 2.75) is 45.7 Å². The van der Waals surface area contributed by atoms with Gasteiger partial charge in [0.2, 0.25) is 0 Å². The van der Waals surface area contributed by atoms with E-state index in [9.17, 15) is 0 Å². The average Bonchev–Trinajstić information content (AvgIpc) is 2.53. The van der Waals surface area contributed by atoms with E-state index in [0.29, 0.717) is 0 Å². The van der Waals surface area contributed by atoms with Crippen LogP contribution in [-0.4, -0.2) is 9.78 Å². The fraction of sp³-hybridized carbons (Fsp3) is 0.700. The third kappa shape index (κ3) is 3.19. The van der Waals surface area contributed by atoms with Gasteiger partial charge in [-0.1, -0.05) is 19.8 Å². The van der Waals surface area contributed by atoms with E-state index < -0.39 is 0 Å². The number of rotatable bonds is 5. The van der Waals surface area contributed by atoms with Crippen molar-refractivity contribution < 1.29 is 0 Å². The second kappa shape index (κ2) is 5.02. The molecule has 0 radical (unpaired) electrons. The van der Waals surface area contributed by atoms with E-state index in [2.05, 4.69) is 12.0 Å². The van der Waals surface area contributed by atoms with Crippen molar-refractivity contribution in [1.82, 2.24) is 9.78 Å². The predicted octanol–water partition coefficient (Wildman–Crippen LogP) is 2.09. The highest BCUT2D eigenvalue weighted by Gasteiger charge is 2.02. The molecule has 0 aliphatic carbocycles. The largest absolute Gasteiger partial charge is 0.323 e. The van der Waals surface area contributed by atoms with Crippen molar-refractivity contribution in [3.63, 3.8) is 0 Å². The highest BCUT2D eigenvalue weighted by Crippen LogP contribution is 2.06. The van der Waals surface area contributed by atoms with Crippen LogP contribution in [0.1, 0.15) is 44.8 Å². The first kappa shape index (κ1) is 10.3. The van der Waals surface area contributed by atoms with E-state index in [1.54, 1.807) is 0 Å². The molecule has 3 nitrogen and oxygen atoms in total. The Hall–Kier alpha value is -0.830. The molecule has 0 amide bonds. The Balaban J connectivity index is 2.40. The monoisotopic (exact) mass is 181 g/mol. The molecule has 1 atom stereocenters. The van der Waals surface area contributed by atoms with Crippen LogP contribution in [0.4, 0.5) is 0 Å². The topological polar surface area (TPSA) is 43.8 Å². The average molecular weight is 181 g/mol. The van der Waals surface area contributed by atoms with E-state index in [1.165, 1.54) is 19.3 Å². The molecule has 0 saturated carbocycles. The summed E-state index contributed by atoms with van der Waals surface area (Å²) >= 11 is 0. The summed E-state index contributed by atoms with van der Waals surface area (Å²) in [5.74, 6) is 0. The molecule has 0 aromatic carbocycles. The lowest BCUT2D eigenvalue weighted by Gasteiger charge is -2.01. The summed E-state index contributed by atoms with van der Waals surface area (Å²) in [7, 11) is 0. The smallest absolute Gasteiger partial charge is 0.0788 e. The molecule has 74 valence electrons. The first-order valence-corrected chi connectivity index (χ1v) is 5.03. The van der Waals surface area contributed by atoms with Gasteiger partial charge in [0.25, 0.3) is 0 Å². The van der Waals surface area contributed by atoms with Crippen LogP contribution in [-0.2, 0) is 6.54 Å². The zero-order valence-electron chi connectivity index (χ0n) is 8.53. The van der Waals surface area contributed by atoms with Gasteiger partial charge >= 0.3 is 0 Å². The van der Waals surface area contributed by atoms with Crippen molar-refractivity contribution in [2.75, 3.05) is 0 Å². The molecular formula is C10H19N3. The van der Waals surface area contributed by atoms with E-state index >= 15 is 0 Å². The molecule has 1 aromatic rings. The predicted molar refractivity (Wildman–Crippen MR) is 54.4 cm³/mol. The molecule has 0 bridgehead atoms. The van der Waals surface area contributed by atoms with Gasteiger partial charge in [-0.15, -0.1) is 0 Å². The molecule has 1 aromatic heterocycles. The van der Waals surface area contributed by atoms with Crippen LogP contribution in [0.2, 0.25) is 0 Å². The third-order valence-corrected chi connectivity index (χ3v) is 2.12. The molecule has 0 spiro atoms. The lowest BCUT2D eigenvalue weighted by Crippen LogP contribution is -2.07. The molecule has 0 aliphatic heterocycles. The summed E-state index contributed by atoms with van der Waals surface area (Å²) in [6.07, 6.45) is 5.74. The summed E-state index contributed by atoms with van der Waals surface area (Å²) < 4.78 is 1.98. The summed E-state index contributed by atoms with van der Waals surface area (Å²) in [6.45, 7) is 5.18. The lowest BCUT2D eigenvalue weighted by molar-refractivity contribution is 0.543. The van der Waals surface area contributed by atoms with Crippen molar-refractivity contribution in [3.05, 3.63) is 18.0 Å². The van der Waals surface area contributed by atoms with Crippen LogP contribution >= 0.6 is 0 Å². The van der Waals surface area contributed by atoms with Gasteiger partial charge in [-0.25, -0.2) is 0 Å². The molecule has 0 fully saturated rings. The Kier molecular flexibility index (Phi) is 3.96. The second-order valence-corrected chi connectivity index (χ2v) is 3.50. The summed E-state index contributed by atoms with van der Waals surface area (Å²) in [5.41, 5.74) is 6.69. The number of aryl methyl sites for hydroxylation is 1. The van der Waals surface area contributed by atoms with Crippen LogP contribution in [0.5, 0.6) is 0 Å². The molecule has 1 rings (SSSR count). The maximum atomic E-state index is 5.71. The van der Waals surface area contributed by atoms with Gasteiger partial charge in [-0.05, 0) is 19.4 Å². The number of unbranched alkanes of at least 4 members (excludes halogenated alkanes) is 2. The molecule has 1 heterocycles. The minimum atomic E-state index is 0.0485. The summed E-state index contributed by atoms with van der Waals surface area (Å²) in [6, 6.07) is 2.05. The van der Waals surface area contributed by atoms with Crippen LogP contribution in [0.3, 0.4) is 0 Å². The molecule has 0 aliphatic rings. The Morgan fingerprint density at radius 2 is 2.31 bits per heavy atom. The fourth-order valence-corrected chi connectivity index (χ4v) is 1.27. The quantitative estimate of drug-likeness (QED) is 0.707. The summed E-state index contributed by atoms with van der Waals surface area (Å²) in [4.78, 5) is 0. The van der Waals surface area contributed by atoms with Gasteiger partial charge in [0.15, 0.2) is 0 Å². The zero-order valence-corrected chi connectivity index (χ0v) is 8.53. The van der Waals surface area contributed by atoms with Crippen molar-refractivity contribution in [3.8, 4) is 0 Å². The number of hydrogen-bond acceptors (Lipinski definition) is 2. The molecule has 3 heteroatoms. The molecular weight excluding hydrogens is 162 g/mol. The normalized spacial score (nSPS) is 13.2. The zero-order chi connectivity index (χ0) is 9.68. The SMILES string of the molecule is CCCCCn1ccc(C(C)N)n1. The molecule has 2 N–H and O–H groups in total. The minimum Gasteiger partial charge on any atom is -0.323 e. The minimum absolute atomic E-state index is 0.0485. The Bertz CT molecular complexity index is 240. The van der Waals surface area contributed by atoms with Crippen molar-refractivity contribution in [1.29, 1.82) is 0 Å². The lowest BCUT2D eigenvalue weighted by atomic mass is 10.2. The number of nitrogens with zero attached hydrogens (tertiary/aromatic N) is 2. The maximum absolute atomic E-state index is 5.71. The van der Waals surface area contributed by atoms with Crippen molar-refractivity contribution >= 4 is 0 Å². The van der Waals surface area contributed by atoms with Gasteiger partial charge in [0.1, 0.15) is 0 Å².